The van der Waals surface area contributed by atoms with Gasteiger partial charge in [0.25, 0.3) is 0 Å². The van der Waals surface area contributed by atoms with E-state index in [2.05, 4.69) is 15.0 Å². The van der Waals surface area contributed by atoms with E-state index < -0.39 is 0 Å². The highest BCUT2D eigenvalue weighted by Crippen LogP contribution is 2.17. The van der Waals surface area contributed by atoms with E-state index in [4.69, 9.17) is 17.3 Å². The van der Waals surface area contributed by atoms with E-state index in [0.717, 1.165) is 11.4 Å². The van der Waals surface area contributed by atoms with E-state index >= 15 is 0 Å². The first-order valence-electron chi connectivity index (χ1n) is 5.48. The van der Waals surface area contributed by atoms with Crippen molar-refractivity contribution in [3.8, 4) is 0 Å². The number of hydrogen-bond acceptors (Lipinski definition) is 5. The summed E-state index contributed by atoms with van der Waals surface area (Å²) < 4.78 is 0. The van der Waals surface area contributed by atoms with Crippen LogP contribution in [-0.4, -0.2) is 22.0 Å². The van der Waals surface area contributed by atoms with Crippen molar-refractivity contribution in [3.63, 3.8) is 0 Å². The summed E-state index contributed by atoms with van der Waals surface area (Å²) in [6.07, 6.45) is 0. The molecule has 2 rings (SSSR count). The molecule has 18 heavy (non-hydrogen) atoms. The van der Waals surface area contributed by atoms with Gasteiger partial charge in [0, 0.05) is 18.8 Å². The second-order valence-electron chi connectivity index (χ2n) is 4.03. The zero-order chi connectivity index (χ0) is 13.1. The van der Waals surface area contributed by atoms with Crippen LogP contribution in [0.3, 0.4) is 0 Å². The van der Waals surface area contributed by atoms with Crippen molar-refractivity contribution in [1.82, 2.24) is 15.0 Å². The summed E-state index contributed by atoms with van der Waals surface area (Å²) in [5, 5.41) is 0.335. The number of aryl methyl sites for hydroxylation is 1. The lowest BCUT2D eigenvalue weighted by Crippen LogP contribution is -2.19. The van der Waals surface area contributed by atoms with Crippen LogP contribution in [0.5, 0.6) is 0 Å². The lowest BCUT2D eigenvalue weighted by Gasteiger charge is -2.18. The van der Waals surface area contributed by atoms with Crippen molar-refractivity contribution in [2.24, 2.45) is 0 Å². The Balaban J connectivity index is 2.19. The second kappa shape index (κ2) is 5.18. The Morgan fingerprint density at radius 2 is 2.06 bits per heavy atom. The van der Waals surface area contributed by atoms with Gasteiger partial charge in [0.05, 0.1) is 12.2 Å². The number of aromatic nitrogens is 3. The molecule has 2 aromatic heterocycles. The molecular weight excluding hydrogens is 250 g/mol. The summed E-state index contributed by atoms with van der Waals surface area (Å²) in [5.41, 5.74) is 7.52. The zero-order valence-corrected chi connectivity index (χ0v) is 11.0. The third-order valence-corrected chi connectivity index (χ3v) is 2.63. The summed E-state index contributed by atoms with van der Waals surface area (Å²) in [5.74, 6) is 0.845. The molecule has 2 heterocycles. The molecule has 0 aliphatic carbocycles. The normalized spacial score (nSPS) is 10.4. The van der Waals surface area contributed by atoms with Crippen molar-refractivity contribution in [1.29, 1.82) is 0 Å². The summed E-state index contributed by atoms with van der Waals surface area (Å²) in [6, 6.07) is 7.58. The largest absolute Gasteiger partial charge is 0.368 e. The Kier molecular flexibility index (Phi) is 3.62. The van der Waals surface area contributed by atoms with Crippen molar-refractivity contribution in [2.75, 3.05) is 17.7 Å². The summed E-state index contributed by atoms with van der Waals surface area (Å²) in [6.45, 7) is 2.59. The van der Waals surface area contributed by atoms with Crippen LogP contribution >= 0.6 is 11.6 Å². The molecule has 0 saturated heterocycles. The lowest BCUT2D eigenvalue weighted by atomic mass is 10.3. The summed E-state index contributed by atoms with van der Waals surface area (Å²) in [7, 11) is 1.90. The molecule has 0 aromatic carbocycles. The molecule has 0 aliphatic rings. The third-order valence-electron chi connectivity index (χ3n) is 2.43. The van der Waals surface area contributed by atoms with Gasteiger partial charge in [-0.05, 0) is 19.1 Å². The number of hydrogen-bond donors (Lipinski definition) is 1. The van der Waals surface area contributed by atoms with E-state index in [9.17, 15) is 0 Å². The first kappa shape index (κ1) is 12.6. The molecule has 0 amide bonds. The molecule has 0 aliphatic heterocycles. The molecule has 5 nitrogen and oxygen atoms in total. The number of nitrogens with zero attached hydrogens (tertiary/aromatic N) is 4. The molecular formula is C12H14ClN5. The van der Waals surface area contributed by atoms with Crippen LogP contribution in [-0.2, 0) is 6.54 Å². The summed E-state index contributed by atoms with van der Waals surface area (Å²) in [4.78, 5) is 14.3. The fourth-order valence-corrected chi connectivity index (χ4v) is 1.81. The van der Waals surface area contributed by atoms with E-state index in [1.54, 1.807) is 6.07 Å². The quantitative estimate of drug-likeness (QED) is 0.859. The highest BCUT2D eigenvalue weighted by molar-refractivity contribution is 6.29. The molecule has 2 aromatic rings. The SMILES string of the molecule is Cc1cccc(CN(C)c2cc(Cl)nc(N)n2)n1. The predicted octanol–water partition coefficient (Wildman–Crippen LogP) is 2.05. The molecule has 0 bridgehead atoms. The van der Waals surface area contributed by atoms with E-state index in [1.807, 2.05) is 37.1 Å². The van der Waals surface area contributed by atoms with Gasteiger partial charge < -0.3 is 10.6 Å². The Morgan fingerprint density at radius 3 is 2.72 bits per heavy atom. The maximum atomic E-state index is 5.85. The second-order valence-corrected chi connectivity index (χ2v) is 4.42. The predicted molar refractivity (Wildman–Crippen MR) is 72.5 cm³/mol. The van der Waals surface area contributed by atoms with Gasteiger partial charge in [-0.3, -0.25) is 4.98 Å². The molecule has 0 radical (unpaired) electrons. The maximum absolute atomic E-state index is 5.85. The van der Waals surface area contributed by atoms with Gasteiger partial charge in [0.1, 0.15) is 11.0 Å². The van der Waals surface area contributed by atoms with Crippen LogP contribution in [0.4, 0.5) is 11.8 Å². The van der Waals surface area contributed by atoms with Crippen molar-refractivity contribution in [2.45, 2.75) is 13.5 Å². The van der Waals surface area contributed by atoms with Gasteiger partial charge in [-0.1, -0.05) is 17.7 Å². The number of pyridine rings is 1. The number of nitrogen functional groups attached to an aromatic ring is 1. The van der Waals surface area contributed by atoms with E-state index in [1.165, 1.54) is 0 Å². The maximum Gasteiger partial charge on any atom is 0.223 e. The highest BCUT2D eigenvalue weighted by Gasteiger charge is 2.07. The van der Waals surface area contributed by atoms with E-state index in [-0.39, 0.29) is 5.95 Å². The Morgan fingerprint density at radius 1 is 1.28 bits per heavy atom. The first-order valence-corrected chi connectivity index (χ1v) is 5.86. The minimum Gasteiger partial charge on any atom is -0.368 e. The molecule has 0 unspecified atom stereocenters. The molecule has 2 N–H and O–H groups in total. The Bertz CT molecular complexity index is 538. The van der Waals surface area contributed by atoms with Crippen LogP contribution in [0.2, 0.25) is 5.15 Å². The summed E-state index contributed by atoms with van der Waals surface area (Å²) >= 11 is 5.85. The third kappa shape index (κ3) is 3.07. The average Bonchev–Trinajstić information content (AvgIpc) is 2.27. The van der Waals surface area contributed by atoms with Gasteiger partial charge in [0.2, 0.25) is 5.95 Å². The van der Waals surface area contributed by atoms with Gasteiger partial charge in [-0.2, -0.15) is 4.98 Å². The van der Waals surface area contributed by atoms with Gasteiger partial charge in [0.15, 0.2) is 0 Å². The van der Waals surface area contributed by atoms with Crippen molar-refractivity contribution >= 4 is 23.4 Å². The Labute approximate surface area is 111 Å². The standard InChI is InChI=1S/C12H14ClN5/c1-8-4-3-5-9(15-8)7-18(2)11-6-10(13)16-12(14)17-11/h3-6H,7H2,1-2H3,(H2,14,16,17). The van der Waals surface area contributed by atoms with Crippen molar-refractivity contribution in [3.05, 3.63) is 40.8 Å². The lowest BCUT2D eigenvalue weighted by molar-refractivity contribution is 0.856. The Hall–Kier alpha value is -1.88. The fraction of sp³-hybridized carbons (Fsp3) is 0.250. The molecule has 94 valence electrons. The van der Waals surface area contributed by atoms with E-state index in [0.29, 0.717) is 17.5 Å². The van der Waals surface area contributed by atoms with Gasteiger partial charge in [-0.25, -0.2) is 4.98 Å². The monoisotopic (exact) mass is 263 g/mol. The van der Waals surface area contributed by atoms with Gasteiger partial charge >= 0.3 is 0 Å². The van der Waals surface area contributed by atoms with Crippen LogP contribution in [0, 0.1) is 6.92 Å². The number of nitrogens with two attached hydrogens (primary N) is 1. The molecule has 0 saturated carbocycles. The minimum atomic E-state index is 0.168. The number of anilines is 2. The van der Waals surface area contributed by atoms with Crippen LogP contribution in [0.1, 0.15) is 11.4 Å². The van der Waals surface area contributed by atoms with Crippen LogP contribution in [0.25, 0.3) is 0 Å². The van der Waals surface area contributed by atoms with Crippen molar-refractivity contribution < 1.29 is 0 Å². The fourth-order valence-electron chi connectivity index (χ4n) is 1.63. The van der Waals surface area contributed by atoms with Gasteiger partial charge in [-0.15, -0.1) is 0 Å². The molecule has 0 spiro atoms. The number of rotatable bonds is 3. The smallest absolute Gasteiger partial charge is 0.223 e. The average molecular weight is 264 g/mol. The highest BCUT2D eigenvalue weighted by atomic mass is 35.5. The topological polar surface area (TPSA) is 67.9 Å². The molecule has 6 heteroatoms. The molecule has 0 fully saturated rings. The number of halogens is 1. The zero-order valence-electron chi connectivity index (χ0n) is 10.3. The minimum absolute atomic E-state index is 0.168. The molecule has 0 atom stereocenters. The van der Waals surface area contributed by atoms with Crippen LogP contribution in [0.15, 0.2) is 24.3 Å². The van der Waals surface area contributed by atoms with Crippen LogP contribution < -0.4 is 10.6 Å². The first-order chi connectivity index (χ1) is 8.54.